The van der Waals surface area contributed by atoms with Crippen LogP contribution in [-0.4, -0.2) is 13.2 Å². The van der Waals surface area contributed by atoms with Crippen molar-refractivity contribution in [3.05, 3.63) is 33.8 Å². The Kier molecular flexibility index (Phi) is 3.67. The lowest BCUT2D eigenvalue weighted by molar-refractivity contribution is -0.0568. The lowest BCUT2D eigenvalue weighted by Crippen LogP contribution is -2.54. The number of halogens is 3. The molecule has 14 heavy (non-hydrogen) atoms. The van der Waals surface area contributed by atoms with Crippen LogP contribution in [0.3, 0.4) is 0 Å². The summed E-state index contributed by atoms with van der Waals surface area (Å²) in [6.45, 7) is 1.01. The van der Waals surface area contributed by atoms with Crippen LogP contribution in [-0.2, 0) is 10.3 Å². The van der Waals surface area contributed by atoms with Gasteiger partial charge in [-0.1, -0.05) is 35.3 Å². The molecule has 2 rings (SSSR count). The van der Waals surface area contributed by atoms with Gasteiger partial charge in [0.25, 0.3) is 0 Å². The van der Waals surface area contributed by atoms with Crippen LogP contribution in [0.1, 0.15) is 5.56 Å². The van der Waals surface area contributed by atoms with Crippen molar-refractivity contribution in [3.63, 3.8) is 0 Å². The first-order valence-electron chi connectivity index (χ1n) is 3.95. The van der Waals surface area contributed by atoms with Gasteiger partial charge in [0.05, 0.1) is 28.8 Å². The molecule has 0 spiro atoms. The first kappa shape index (κ1) is 12.1. The van der Waals surface area contributed by atoms with E-state index in [9.17, 15) is 0 Å². The fourth-order valence-electron chi connectivity index (χ4n) is 1.37. The molecule has 0 unspecified atom stereocenters. The SMILES string of the molecule is Cl.NC1(c2cccc(Cl)c2Cl)COC1. The van der Waals surface area contributed by atoms with Crippen molar-refractivity contribution in [1.82, 2.24) is 0 Å². The topological polar surface area (TPSA) is 35.2 Å². The standard InChI is InChI=1S/C9H9Cl2NO.ClH/c10-7-3-1-2-6(8(7)11)9(12)4-13-5-9;/h1-3H,4-5,12H2;1H. The maximum Gasteiger partial charge on any atom is 0.0898 e. The largest absolute Gasteiger partial charge is 0.377 e. The van der Waals surface area contributed by atoms with Gasteiger partial charge in [0.15, 0.2) is 0 Å². The van der Waals surface area contributed by atoms with Gasteiger partial charge in [-0.25, -0.2) is 0 Å². The van der Waals surface area contributed by atoms with Crippen molar-refractivity contribution in [2.75, 3.05) is 13.2 Å². The monoisotopic (exact) mass is 253 g/mol. The third kappa shape index (κ3) is 1.86. The molecule has 1 aliphatic rings. The average molecular weight is 255 g/mol. The number of ether oxygens (including phenoxy) is 1. The molecule has 0 bridgehead atoms. The van der Waals surface area contributed by atoms with Gasteiger partial charge < -0.3 is 10.5 Å². The van der Waals surface area contributed by atoms with Gasteiger partial charge in [-0.15, -0.1) is 12.4 Å². The fourth-order valence-corrected chi connectivity index (χ4v) is 1.85. The number of hydrogen-bond donors (Lipinski definition) is 1. The van der Waals surface area contributed by atoms with E-state index in [0.29, 0.717) is 23.3 Å². The highest BCUT2D eigenvalue weighted by Gasteiger charge is 2.37. The minimum absolute atomic E-state index is 0. The fraction of sp³-hybridized carbons (Fsp3) is 0.333. The molecule has 0 radical (unpaired) electrons. The Hall–Kier alpha value is 0.01000. The Labute approximate surface area is 98.7 Å². The number of hydrogen-bond acceptors (Lipinski definition) is 2. The van der Waals surface area contributed by atoms with E-state index in [1.165, 1.54) is 0 Å². The second kappa shape index (κ2) is 4.25. The molecule has 78 valence electrons. The van der Waals surface area contributed by atoms with Crippen molar-refractivity contribution in [2.45, 2.75) is 5.54 Å². The zero-order valence-corrected chi connectivity index (χ0v) is 9.62. The van der Waals surface area contributed by atoms with Crippen LogP contribution >= 0.6 is 35.6 Å². The summed E-state index contributed by atoms with van der Waals surface area (Å²) in [6.07, 6.45) is 0. The molecule has 0 aliphatic carbocycles. The van der Waals surface area contributed by atoms with Gasteiger partial charge in [-0.05, 0) is 11.6 Å². The van der Waals surface area contributed by atoms with E-state index in [1.807, 2.05) is 12.1 Å². The molecule has 0 saturated carbocycles. The summed E-state index contributed by atoms with van der Waals surface area (Å²) >= 11 is 11.9. The Bertz CT molecular complexity index is 339. The number of benzene rings is 1. The molecule has 1 heterocycles. The molecule has 0 amide bonds. The van der Waals surface area contributed by atoms with Gasteiger partial charge >= 0.3 is 0 Å². The number of nitrogens with two attached hydrogens (primary N) is 1. The van der Waals surface area contributed by atoms with Crippen LogP contribution in [0.5, 0.6) is 0 Å². The lowest BCUT2D eigenvalue weighted by atomic mass is 9.89. The molecule has 1 aromatic rings. The summed E-state index contributed by atoms with van der Waals surface area (Å²) in [5, 5.41) is 1.07. The third-order valence-electron chi connectivity index (χ3n) is 2.21. The zero-order valence-electron chi connectivity index (χ0n) is 7.30. The maximum absolute atomic E-state index is 6.03. The minimum atomic E-state index is -0.442. The van der Waals surface area contributed by atoms with Crippen molar-refractivity contribution in [1.29, 1.82) is 0 Å². The highest BCUT2D eigenvalue weighted by Crippen LogP contribution is 2.35. The van der Waals surface area contributed by atoms with E-state index in [4.69, 9.17) is 33.7 Å². The van der Waals surface area contributed by atoms with Crippen molar-refractivity contribution in [3.8, 4) is 0 Å². The quantitative estimate of drug-likeness (QED) is 0.836. The summed E-state index contributed by atoms with van der Waals surface area (Å²) in [5.74, 6) is 0. The normalized spacial score (nSPS) is 18.2. The molecule has 2 N–H and O–H groups in total. The van der Waals surface area contributed by atoms with Gasteiger partial charge in [0, 0.05) is 0 Å². The Morgan fingerprint density at radius 1 is 1.29 bits per heavy atom. The summed E-state index contributed by atoms with van der Waals surface area (Å²) in [6, 6.07) is 5.48. The molecule has 1 aliphatic heterocycles. The second-order valence-corrected chi connectivity index (χ2v) is 4.04. The van der Waals surface area contributed by atoms with Crippen molar-refractivity contribution >= 4 is 35.6 Å². The summed E-state index contributed by atoms with van der Waals surface area (Å²) in [7, 11) is 0. The highest BCUT2D eigenvalue weighted by molar-refractivity contribution is 6.42. The van der Waals surface area contributed by atoms with Crippen molar-refractivity contribution in [2.24, 2.45) is 5.73 Å². The molecule has 1 saturated heterocycles. The number of rotatable bonds is 1. The van der Waals surface area contributed by atoms with Crippen LogP contribution in [0.25, 0.3) is 0 Å². The Balaban J connectivity index is 0.000000980. The predicted octanol–water partition coefficient (Wildman–Crippen LogP) is 2.60. The van der Waals surface area contributed by atoms with Crippen LogP contribution < -0.4 is 5.73 Å². The summed E-state index contributed by atoms with van der Waals surface area (Å²) < 4.78 is 5.06. The van der Waals surface area contributed by atoms with Gasteiger partial charge in [0.2, 0.25) is 0 Å². The Morgan fingerprint density at radius 2 is 1.93 bits per heavy atom. The van der Waals surface area contributed by atoms with E-state index < -0.39 is 5.54 Å². The van der Waals surface area contributed by atoms with Gasteiger partial charge in [0.1, 0.15) is 0 Å². The van der Waals surface area contributed by atoms with Crippen LogP contribution in [0.4, 0.5) is 0 Å². The minimum Gasteiger partial charge on any atom is -0.377 e. The molecule has 1 aromatic carbocycles. The van der Waals surface area contributed by atoms with Crippen LogP contribution in [0, 0.1) is 0 Å². The molecule has 0 atom stereocenters. The summed E-state index contributed by atoms with van der Waals surface area (Å²) in [5.41, 5.74) is 6.45. The first-order valence-corrected chi connectivity index (χ1v) is 4.70. The lowest BCUT2D eigenvalue weighted by Gasteiger charge is -2.38. The maximum atomic E-state index is 6.03. The molecule has 1 fully saturated rings. The highest BCUT2D eigenvalue weighted by atomic mass is 35.5. The van der Waals surface area contributed by atoms with Crippen LogP contribution in [0.2, 0.25) is 10.0 Å². The first-order chi connectivity index (χ1) is 6.13. The van der Waals surface area contributed by atoms with Gasteiger partial charge in [-0.3, -0.25) is 0 Å². The van der Waals surface area contributed by atoms with E-state index in [2.05, 4.69) is 0 Å². The average Bonchev–Trinajstić information content (AvgIpc) is 2.06. The molecule has 0 aromatic heterocycles. The van der Waals surface area contributed by atoms with E-state index in [0.717, 1.165) is 5.56 Å². The second-order valence-electron chi connectivity index (χ2n) is 3.25. The molecular formula is C9H10Cl3NO. The van der Waals surface area contributed by atoms with E-state index in [1.54, 1.807) is 6.07 Å². The van der Waals surface area contributed by atoms with E-state index >= 15 is 0 Å². The predicted molar refractivity (Wildman–Crippen MR) is 60.4 cm³/mol. The summed E-state index contributed by atoms with van der Waals surface area (Å²) in [4.78, 5) is 0. The molecule has 5 heteroatoms. The Morgan fingerprint density at radius 3 is 2.43 bits per heavy atom. The smallest absolute Gasteiger partial charge is 0.0898 e. The molecular weight excluding hydrogens is 244 g/mol. The van der Waals surface area contributed by atoms with Gasteiger partial charge in [-0.2, -0.15) is 0 Å². The third-order valence-corrected chi connectivity index (χ3v) is 3.03. The van der Waals surface area contributed by atoms with Crippen molar-refractivity contribution < 1.29 is 4.74 Å². The van der Waals surface area contributed by atoms with E-state index in [-0.39, 0.29) is 12.4 Å². The van der Waals surface area contributed by atoms with Crippen LogP contribution in [0.15, 0.2) is 18.2 Å². The molecule has 2 nitrogen and oxygen atoms in total. The zero-order chi connectivity index (χ0) is 9.47.